The maximum Gasteiger partial charge on any atom is 0.257 e. The summed E-state index contributed by atoms with van der Waals surface area (Å²) in [6, 6.07) is 6.45. The van der Waals surface area contributed by atoms with Crippen molar-refractivity contribution in [1.29, 1.82) is 0 Å². The first-order valence-electron chi connectivity index (χ1n) is 6.90. The molecule has 1 amide bonds. The summed E-state index contributed by atoms with van der Waals surface area (Å²) < 4.78 is 20.9. The van der Waals surface area contributed by atoms with Gasteiger partial charge in [0.25, 0.3) is 5.91 Å². The Balaban J connectivity index is 1.74. The predicted molar refractivity (Wildman–Crippen MR) is 74.7 cm³/mol. The molecule has 2 aromatic rings. The lowest BCUT2D eigenvalue weighted by atomic mass is 10.1. The lowest BCUT2D eigenvalue weighted by Gasteiger charge is -2.39. The number of halogens is 1. The van der Waals surface area contributed by atoms with Crippen LogP contribution in [0.1, 0.15) is 23.3 Å². The molecule has 0 saturated carbocycles. The number of hydrogen-bond acceptors (Lipinski definition) is 3. The van der Waals surface area contributed by atoms with Gasteiger partial charge in [0.2, 0.25) is 0 Å². The van der Waals surface area contributed by atoms with Crippen molar-refractivity contribution in [2.75, 3.05) is 19.7 Å². The van der Waals surface area contributed by atoms with E-state index in [4.69, 9.17) is 4.74 Å². The van der Waals surface area contributed by atoms with E-state index in [9.17, 15) is 9.18 Å². The quantitative estimate of drug-likeness (QED) is 0.866. The molecule has 0 spiro atoms. The van der Waals surface area contributed by atoms with Crippen molar-refractivity contribution in [2.45, 2.75) is 13.0 Å². The number of amides is 1. The van der Waals surface area contributed by atoms with E-state index in [0.717, 1.165) is 0 Å². The van der Waals surface area contributed by atoms with Crippen LogP contribution in [0.25, 0.3) is 0 Å². The van der Waals surface area contributed by atoms with E-state index >= 15 is 0 Å². The minimum atomic E-state index is -0.508. The molecule has 6 heteroatoms. The van der Waals surface area contributed by atoms with E-state index in [1.807, 2.05) is 16.9 Å². The number of likely N-dealkylation sites (tertiary alicyclic amines) is 1. The Bertz CT molecular complexity index is 636. The Morgan fingerprint density at radius 3 is 2.90 bits per heavy atom. The molecule has 21 heavy (non-hydrogen) atoms. The highest BCUT2D eigenvalue weighted by atomic mass is 19.1. The van der Waals surface area contributed by atoms with Gasteiger partial charge in [-0.3, -0.25) is 9.48 Å². The summed E-state index contributed by atoms with van der Waals surface area (Å²) in [5.74, 6) is -0.680. The first-order chi connectivity index (χ1) is 10.2. The lowest BCUT2D eigenvalue weighted by molar-refractivity contribution is 0.0496. The number of carbonyl (C=O) groups is 1. The van der Waals surface area contributed by atoms with Gasteiger partial charge in [-0.15, -0.1) is 0 Å². The minimum absolute atomic E-state index is 0.0348. The molecule has 2 heterocycles. The van der Waals surface area contributed by atoms with Gasteiger partial charge in [-0.25, -0.2) is 4.39 Å². The van der Waals surface area contributed by atoms with Gasteiger partial charge >= 0.3 is 0 Å². The van der Waals surface area contributed by atoms with Gasteiger partial charge in [0, 0.05) is 25.5 Å². The molecule has 0 atom stereocenters. The SMILES string of the molecule is CCOc1c(F)cccc1C(=O)N1CC(n2cccn2)C1. The average Bonchev–Trinajstić information content (AvgIpc) is 2.93. The number of nitrogens with zero attached hydrogens (tertiary/aromatic N) is 3. The van der Waals surface area contributed by atoms with Crippen molar-refractivity contribution in [3.05, 3.63) is 48.0 Å². The van der Waals surface area contributed by atoms with Gasteiger partial charge in [0.15, 0.2) is 11.6 Å². The van der Waals surface area contributed by atoms with Crippen LogP contribution in [0, 0.1) is 5.82 Å². The van der Waals surface area contributed by atoms with Gasteiger partial charge in [0.05, 0.1) is 18.2 Å². The van der Waals surface area contributed by atoms with Gasteiger partial charge in [-0.2, -0.15) is 5.10 Å². The molecule has 0 radical (unpaired) electrons. The number of aromatic nitrogens is 2. The summed E-state index contributed by atoms with van der Waals surface area (Å²) in [6.07, 6.45) is 3.59. The molecule has 1 aliphatic rings. The van der Waals surface area contributed by atoms with Crippen molar-refractivity contribution < 1.29 is 13.9 Å². The number of benzene rings is 1. The Hall–Kier alpha value is -2.37. The molecular formula is C15H16FN3O2. The van der Waals surface area contributed by atoms with Crippen molar-refractivity contribution >= 4 is 5.91 Å². The van der Waals surface area contributed by atoms with Crippen LogP contribution < -0.4 is 4.74 Å². The van der Waals surface area contributed by atoms with Crippen LogP contribution in [0.4, 0.5) is 4.39 Å². The maximum atomic E-state index is 13.8. The highest BCUT2D eigenvalue weighted by Gasteiger charge is 2.34. The fourth-order valence-corrected chi connectivity index (χ4v) is 2.42. The van der Waals surface area contributed by atoms with E-state index in [-0.39, 0.29) is 23.3 Å². The summed E-state index contributed by atoms with van der Waals surface area (Å²) in [5.41, 5.74) is 0.274. The topological polar surface area (TPSA) is 47.4 Å². The highest BCUT2D eigenvalue weighted by Crippen LogP contribution is 2.28. The molecule has 1 saturated heterocycles. The van der Waals surface area contributed by atoms with E-state index in [2.05, 4.69) is 5.10 Å². The molecule has 0 N–H and O–H groups in total. The third-order valence-electron chi connectivity index (χ3n) is 3.53. The van der Waals surface area contributed by atoms with E-state index in [0.29, 0.717) is 19.7 Å². The van der Waals surface area contributed by atoms with Crippen LogP contribution in [0.5, 0.6) is 5.75 Å². The van der Waals surface area contributed by atoms with Crippen molar-refractivity contribution in [3.8, 4) is 5.75 Å². The number of para-hydroxylation sites is 1. The van der Waals surface area contributed by atoms with Crippen LogP contribution in [0.15, 0.2) is 36.7 Å². The molecule has 3 rings (SSSR count). The van der Waals surface area contributed by atoms with Crippen LogP contribution in [0.3, 0.4) is 0 Å². The zero-order valence-electron chi connectivity index (χ0n) is 11.7. The number of carbonyl (C=O) groups excluding carboxylic acids is 1. The highest BCUT2D eigenvalue weighted by molar-refractivity contribution is 5.97. The molecule has 1 fully saturated rings. The number of rotatable bonds is 4. The van der Waals surface area contributed by atoms with Crippen LogP contribution in [-0.2, 0) is 0 Å². The first-order valence-corrected chi connectivity index (χ1v) is 6.90. The monoisotopic (exact) mass is 289 g/mol. The lowest BCUT2D eigenvalue weighted by Crippen LogP contribution is -2.50. The van der Waals surface area contributed by atoms with Crippen molar-refractivity contribution in [2.24, 2.45) is 0 Å². The minimum Gasteiger partial charge on any atom is -0.490 e. The average molecular weight is 289 g/mol. The number of hydrogen-bond donors (Lipinski definition) is 0. The van der Waals surface area contributed by atoms with Crippen LogP contribution in [-0.4, -0.2) is 40.3 Å². The molecule has 0 aliphatic carbocycles. The first kappa shape index (κ1) is 13.6. The second-order valence-electron chi connectivity index (χ2n) is 4.90. The van der Waals surface area contributed by atoms with Crippen LogP contribution in [0.2, 0.25) is 0 Å². The fraction of sp³-hybridized carbons (Fsp3) is 0.333. The Labute approximate surface area is 121 Å². The third kappa shape index (κ3) is 2.49. The van der Waals surface area contributed by atoms with Crippen molar-refractivity contribution in [3.63, 3.8) is 0 Å². The summed E-state index contributed by atoms with van der Waals surface area (Å²) in [4.78, 5) is 14.1. The smallest absolute Gasteiger partial charge is 0.257 e. The second-order valence-corrected chi connectivity index (χ2v) is 4.90. The fourth-order valence-electron chi connectivity index (χ4n) is 2.42. The normalized spacial score (nSPS) is 14.9. The van der Waals surface area contributed by atoms with E-state index < -0.39 is 5.82 Å². The van der Waals surface area contributed by atoms with E-state index in [1.165, 1.54) is 12.1 Å². The van der Waals surface area contributed by atoms with Gasteiger partial charge in [-0.1, -0.05) is 6.07 Å². The molecular weight excluding hydrogens is 273 g/mol. The van der Waals surface area contributed by atoms with Crippen LogP contribution >= 0.6 is 0 Å². The molecule has 0 unspecified atom stereocenters. The molecule has 5 nitrogen and oxygen atoms in total. The largest absolute Gasteiger partial charge is 0.490 e. The van der Waals surface area contributed by atoms with Crippen molar-refractivity contribution in [1.82, 2.24) is 14.7 Å². The Kier molecular flexibility index (Phi) is 3.60. The van der Waals surface area contributed by atoms with E-state index in [1.54, 1.807) is 24.1 Å². The van der Waals surface area contributed by atoms with Gasteiger partial charge in [0.1, 0.15) is 0 Å². The second kappa shape index (κ2) is 5.55. The molecule has 1 aromatic carbocycles. The van der Waals surface area contributed by atoms with Gasteiger partial charge < -0.3 is 9.64 Å². The summed E-state index contributed by atoms with van der Waals surface area (Å²) >= 11 is 0. The zero-order valence-corrected chi connectivity index (χ0v) is 11.7. The third-order valence-corrected chi connectivity index (χ3v) is 3.53. The van der Waals surface area contributed by atoms with Gasteiger partial charge in [-0.05, 0) is 25.1 Å². The molecule has 110 valence electrons. The zero-order chi connectivity index (χ0) is 14.8. The standard InChI is InChI=1S/C15H16FN3O2/c1-2-21-14-12(5-3-6-13(14)16)15(20)18-9-11(10-18)19-8-4-7-17-19/h3-8,11H,2,9-10H2,1H3. The summed E-state index contributed by atoms with van der Waals surface area (Å²) in [7, 11) is 0. The molecule has 0 bridgehead atoms. The molecule has 1 aromatic heterocycles. The Morgan fingerprint density at radius 1 is 1.43 bits per heavy atom. The summed E-state index contributed by atoms with van der Waals surface area (Å²) in [6.45, 7) is 3.22. The molecule has 1 aliphatic heterocycles. The predicted octanol–water partition coefficient (Wildman–Crippen LogP) is 2.12. The Morgan fingerprint density at radius 2 is 2.24 bits per heavy atom. The number of ether oxygens (including phenoxy) is 1. The summed E-state index contributed by atoms with van der Waals surface area (Å²) in [5, 5.41) is 4.16. The maximum absolute atomic E-state index is 13.8.